The second kappa shape index (κ2) is 7.80. The maximum atomic E-state index is 14.1. The maximum Gasteiger partial charge on any atom is 0.160 e. The van der Waals surface area contributed by atoms with Crippen LogP contribution in [0.1, 0.15) is 79.8 Å². The lowest BCUT2D eigenvalue weighted by Gasteiger charge is -2.20. The number of rotatable bonds is 5. The lowest BCUT2D eigenvalue weighted by molar-refractivity contribution is -0.111. The molecule has 0 heterocycles. The highest BCUT2D eigenvalue weighted by atomic mass is 19.1. The van der Waals surface area contributed by atoms with Gasteiger partial charge in [-0.05, 0) is 103 Å². The number of aryl methyl sites for hydroxylation is 1. The van der Waals surface area contributed by atoms with Crippen LogP contribution in [0.5, 0.6) is 0 Å². The quantitative estimate of drug-likeness (QED) is 0.428. The molecule has 0 saturated carbocycles. The summed E-state index contributed by atoms with van der Waals surface area (Å²) in [7, 11) is 0. The van der Waals surface area contributed by atoms with Gasteiger partial charge in [0.2, 0.25) is 0 Å². The van der Waals surface area contributed by atoms with E-state index in [0.717, 1.165) is 53.5 Å². The minimum Gasteiger partial charge on any atom is -0.294 e. The molecule has 1 aliphatic carbocycles. The molecule has 1 nitrogen and oxygen atoms in total. The number of benzene rings is 2. The first-order valence-corrected chi connectivity index (χ1v) is 9.98. The number of carbonyl (C=O) groups is 1. The van der Waals surface area contributed by atoms with E-state index in [1.165, 1.54) is 22.8 Å². The van der Waals surface area contributed by atoms with Crippen molar-refractivity contribution in [2.75, 3.05) is 0 Å². The highest BCUT2D eigenvalue weighted by Crippen LogP contribution is 2.38. The predicted octanol–water partition coefficient (Wildman–Crippen LogP) is 6.66. The van der Waals surface area contributed by atoms with E-state index in [9.17, 15) is 9.18 Å². The Kier molecular flexibility index (Phi) is 5.64. The van der Waals surface area contributed by atoms with Crippen molar-refractivity contribution in [3.8, 4) is 0 Å². The van der Waals surface area contributed by atoms with E-state index in [0.29, 0.717) is 5.92 Å². The molecule has 0 fully saturated rings. The molecule has 3 rings (SSSR count). The molecule has 0 spiro atoms. The molecule has 2 aromatic rings. The van der Waals surface area contributed by atoms with Gasteiger partial charge < -0.3 is 0 Å². The zero-order chi connectivity index (χ0) is 19.7. The summed E-state index contributed by atoms with van der Waals surface area (Å²) in [5.41, 5.74) is 8.64. The number of carbonyl (C=O) groups excluding carboxylic acids is 1. The Morgan fingerprint density at radius 2 is 1.78 bits per heavy atom. The van der Waals surface area contributed by atoms with Gasteiger partial charge in [0.1, 0.15) is 5.82 Å². The van der Waals surface area contributed by atoms with Gasteiger partial charge in [-0.3, -0.25) is 4.79 Å². The summed E-state index contributed by atoms with van der Waals surface area (Å²) in [5, 5.41) is 0. The molecule has 142 valence electrons. The molecule has 0 aromatic heterocycles. The van der Waals surface area contributed by atoms with Crippen LogP contribution in [0.2, 0.25) is 0 Å². The number of ketones is 1. The number of hydrogen-bond donors (Lipinski definition) is 0. The van der Waals surface area contributed by atoms with E-state index in [1.807, 2.05) is 13.0 Å². The largest absolute Gasteiger partial charge is 0.294 e. The fraction of sp³-hybridized carbons (Fsp3) is 0.400. The molecule has 1 unspecified atom stereocenters. The Labute approximate surface area is 162 Å². The number of Topliss-reactive ketones (excluding diaryl/α,β-unsaturated/α-hetero) is 1. The first kappa shape index (κ1) is 19.5. The Bertz CT molecular complexity index is 920. The second-order valence-corrected chi connectivity index (χ2v) is 7.84. The number of fused-ring (bicyclic) bond motifs is 1. The molecule has 0 radical (unpaired) electrons. The molecule has 2 heteroatoms. The highest BCUT2D eigenvalue weighted by Gasteiger charge is 2.23. The van der Waals surface area contributed by atoms with Crippen LogP contribution in [0, 0.1) is 12.7 Å². The van der Waals surface area contributed by atoms with Crippen LogP contribution >= 0.6 is 0 Å². The minimum absolute atomic E-state index is 0.0461. The van der Waals surface area contributed by atoms with Gasteiger partial charge >= 0.3 is 0 Å². The molecule has 0 bridgehead atoms. The van der Waals surface area contributed by atoms with Crippen molar-refractivity contribution in [2.45, 2.75) is 66.2 Å². The Hall–Kier alpha value is -2.22. The molecule has 0 aliphatic heterocycles. The van der Waals surface area contributed by atoms with E-state index in [1.54, 1.807) is 13.0 Å². The fourth-order valence-electron chi connectivity index (χ4n) is 4.41. The van der Waals surface area contributed by atoms with Gasteiger partial charge in [-0.25, -0.2) is 4.39 Å². The van der Waals surface area contributed by atoms with Crippen LogP contribution in [0.15, 0.2) is 30.3 Å². The molecular weight excluding hydrogens is 335 g/mol. The third kappa shape index (κ3) is 3.63. The third-order valence-corrected chi connectivity index (χ3v) is 6.08. The normalized spacial score (nSPS) is 15.3. The average Bonchev–Trinajstić information content (AvgIpc) is 3.13. The van der Waals surface area contributed by atoms with E-state index in [4.69, 9.17) is 0 Å². The van der Waals surface area contributed by atoms with E-state index >= 15 is 0 Å². The van der Waals surface area contributed by atoms with Gasteiger partial charge in [0.05, 0.1) is 0 Å². The van der Waals surface area contributed by atoms with Crippen LogP contribution < -0.4 is 0 Å². The van der Waals surface area contributed by atoms with Crippen molar-refractivity contribution in [2.24, 2.45) is 0 Å². The van der Waals surface area contributed by atoms with Gasteiger partial charge in [-0.15, -0.1) is 0 Å². The van der Waals surface area contributed by atoms with Crippen molar-refractivity contribution >= 4 is 16.9 Å². The van der Waals surface area contributed by atoms with E-state index < -0.39 is 0 Å². The minimum atomic E-state index is -0.256. The van der Waals surface area contributed by atoms with Gasteiger partial charge in [-0.2, -0.15) is 0 Å². The zero-order valence-electron chi connectivity index (χ0n) is 17.1. The maximum absolute atomic E-state index is 14.1. The Balaban J connectivity index is 2.28. The molecular formula is C25H29FO. The van der Waals surface area contributed by atoms with E-state index in [2.05, 4.69) is 32.9 Å². The summed E-state index contributed by atoms with van der Waals surface area (Å²) in [6.07, 6.45) is 4.20. The van der Waals surface area contributed by atoms with Gasteiger partial charge in [0, 0.05) is 5.57 Å². The summed E-state index contributed by atoms with van der Waals surface area (Å²) in [4.78, 5) is 12.7. The SMILES string of the molecule is CCC(C)c1ccc(F)cc1/C(C)=C(\C(C)=O)c1ccc(C)c2c1CCC2. The predicted molar refractivity (Wildman–Crippen MR) is 111 cm³/mol. The van der Waals surface area contributed by atoms with Crippen LogP contribution in [0.25, 0.3) is 11.1 Å². The van der Waals surface area contributed by atoms with Crippen molar-refractivity contribution in [3.05, 3.63) is 69.5 Å². The fourth-order valence-corrected chi connectivity index (χ4v) is 4.41. The second-order valence-electron chi connectivity index (χ2n) is 7.84. The summed E-state index contributed by atoms with van der Waals surface area (Å²) in [6, 6.07) is 9.20. The van der Waals surface area contributed by atoms with Crippen molar-refractivity contribution in [1.82, 2.24) is 0 Å². The Morgan fingerprint density at radius 3 is 2.44 bits per heavy atom. The molecule has 1 aliphatic rings. The Morgan fingerprint density at radius 1 is 1.07 bits per heavy atom. The number of allylic oxidation sites excluding steroid dienone is 2. The third-order valence-electron chi connectivity index (χ3n) is 6.08. The van der Waals surface area contributed by atoms with E-state index in [-0.39, 0.29) is 11.6 Å². The summed E-state index contributed by atoms with van der Waals surface area (Å²) in [6.45, 7) is 10.0. The first-order valence-electron chi connectivity index (χ1n) is 9.98. The lowest BCUT2D eigenvalue weighted by atomic mass is 9.84. The van der Waals surface area contributed by atoms with Gasteiger partial charge in [0.25, 0.3) is 0 Å². The van der Waals surface area contributed by atoms with Crippen molar-refractivity contribution in [3.63, 3.8) is 0 Å². The smallest absolute Gasteiger partial charge is 0.160 e. The molecule has 0 N–H and O–H groups in total. The van der Waals surface area contributed by atoms with Gasteiger partial charge in [-0.1, -0.05) is 32.0 Å². The van der Waals surface area contributed by atoms with Crippen LogP contribution in [-0.4, -0.2) is 5.78 Å². The molecule has 27 heavy (non-hydrogen) atoms. The highest BCUT2D eigenvalue weighted by molar-refractivity contribution is 6.27. The average molecular weight is 365 g/mol. The molecule has 1 atom stereocenters. The summed E-state index contributed by atoms with van der Waals surface area (Å²) in [5.74, 6) is 0.103. The lowest BCUT2D eigenvalue weighted by Crippen LogP contribution is -2.06. The summed E-state index contributed by atoms with van der Waals surface area (Å²) < 4.78 is 14.1. The van der Waals surface area contributed by atoms with Crippen LogP contribution in [0.4, 0.5) is 4.39 Å². The molecule has 2 aromatic carbocycles. The molecule has 0 amide bonds. The number of hydrogen-bond acceptors (Lipinski definition) is 1. The van der Waals surface area contributed by atoms with Crippen molar-refractivity contribution in [1.29, 1.82) is 0 Å². The molecule has 0 saturated heterocycles. The first-order chi connectivity index (χ1) is 12.8. The monoisotopic (exact) mass is 364 g/mol. The van der Waals surface area contributed by atoms with Gasteiger partial charge in [0.15, 0.2) is 5.78 Å². The van der Waals surface area contributed by atoms with Crippen LogP contribution in [-0.2, 0) is 17.6 Å². The topological polar surface area (TPSA) is 17.1 Å². The number of halogens is 1. The standard InChI is InChI=1S/C25H29FO/c1-6-15(2)21-13-11-19(26)14-24(21)17(4)25(18(5)27)23-12-10-16(3)20-8-7-9-22(20)23/h10-15H,6-9H2,1-5H3/b25-17+. The van der Waals surface area contributed by atoms with Crippen LogP contribution in [0.3, 0.4) is 0 Å². The summed E-state index contributed by atoms with van der Waals surface area (Å²) >= 11 is 0. The zero-order valence-corrected chi connectivity index (χ0v) is 17.1. The van der Waals surface area contributed by atoms with Crippen molar-refractivity contribution < 1.29 is 9.18 Å².